The van der Waals surface area contributed by atoms with E-state index < -0.39 is 17.9 Å². The molecule has 0 radical (unpaired) electrons. The molecule has 100 valence electrons. The number of carboxylic acids is 2. The first-order chi connectivity index (χ1) is 8.49. The van der Waals surface area contributed by atoms with E-state index in [1.165, 1.54) is 0 Å². The van der Waals surface area contributed by atoms with Crippen LogP contribution >= 0.6 is 0 Å². The molecule has 0 spiro atoms. The van der Waals surface area contributed by atoms with Crippen molar-refractivity contribution >= 4 is 17.8 Å². The molecule has 2 rings (SSSR count). The fraction of sp³-hybridized carbons (Fsp3) is 0.750. The summed E-state index contributed by atoms with van der Waals surface area (Å²) >= 11 is 0. The lowest BCUT2D eigenvalue weighted by atomic mass is 9.85. The molecule has 1 heterocycles. The van der Waals surface area contributed by atoms with Gasteiger partial charge < -0.3 is 15.1 Å². The van der Waals surface area contributed by atoms with Crippen LogP contribution in [0.1, 0.15) is 32.1 Å². The number of aliphatic carboxylic acids is 2. The van der Waals surface area contributed by atoms with Crippen LogP contribution in [0.2, 0.25) is 0 Å². The second-order valence-corrected chi connectivity index (χ2v) is 5.13. The van der Waals surface area contributed by atoms with Crippen LogP contribution in [0.15, 0.2) is 0 Å². The molecule has 0 aromatic heterocycles. The van der Waals surface area contributed by atoms with Gasteiger partial charge in [-0.05, 0) is 25.7 Å². The predicted octanol–water partition coefficient (Wildman–Crippen LogP) is 0.563. The Balaban J connectivity index is 1.92. The summed E-state index contributed by atoms with van der Waals surface area (Å²) in [7, 11) is 0. The molecule has 2 fully saturated rings. The monoisotopic (exact) mass is 255 g/mol. The standard InChI is InChI=1S/C12H17NO5/c14-10-5-8(12(17)18)6-13(10)9-3-1-7(2-4-9)11(15)16/h7-9H,1-6H2,(H,15,16)(H,17,18). The Bertz CT molecular complexity index is 373. The molecule has 1 saturated heterocycles. The maximum atomic E-state index is 11.8. The highest BCUT2D eigenvalue weighted by Crippen LogP contribution is 2.31. The number of amides is 1. The summed E-state index contributed by atoms with van der Waals surface area (Å²) in [5.41, 5.74) is 0. The van der Waals surface area contributed by atoms with Crippen LogP contribution in [-0.4, -0.2) is 45.5 Å². The van der Waals surface area contributed by atoms with Crippen molar-refractivity contribution in [2.45, 2.75) is 38.1 Å². The van der Waals surface area contributed by atoms with Gasteiger partial charge in [0.1, 0.15) is 0 Å². The van der Waals surface area contributed by atoms with Crippen LogP contribution in [0.3, 0.4) is 0 Å². The van der Waals surface area contributed by atoms with Gasteiger partial charge in [-0.2, -0.15) is 0 Å². The number of nitrogens with zero attached hydrogens (tertiary/aromatic N) is 1. The number of hydrogen-bond acceptors (Lipinski definition) is 3. The molecule has 2 N–H and O–H groups in total. The summed E-state index contributed by atoms with van der Waals surface area (Å²) in [5, 5.41) is 17.8. The first kappa shape index (κ1) is 12.9. The van der Waals surface area contributed by atoms with E-state index in [1.807, 2.05) is 0 Å². The molecular formula is C12H17NO5. The van der Waals surface area contributed by atoms with Gasteiger partial charge in [0.25, 0.3) is 0 Å². The zero-order valence-electron chi connectivity index (χ0n) is 10.0. The maximum absolute atomic E-state index is 11.8. The van der Waals surface area contributed by atoms with Crippen LogP contribution < -0.4 is 0 Å². The third kappa shape index (κ3) is 2.47. The third-order valence-corrected chi connectivity index (χ3v) is 3.99. The molecule has 1 aliphatic heterocycles. The van der Waals surface area contributed by atoms with Gasteiger partial charge in [0.15, 0.2) is 0 Å². The molecule has 6 nitrogen and oxygen atoms in total. The number of likely N-dealkylation sites (tertiary alicyclic amines) is 1. The molecule has 0 aromatic rings. The lowest BCUT2D eigenvalue weighted by molar-refractivity contribution is -0.143. The second kappa shape index (κ2) is 4.96. The van der Waals surface area contributed by atoms with Crippen molar-refractivity contribution in [2.24, 2.45) is 11.8 Å². The van der Waals surface area contributed by atoms with Crippen molar-refractivity contribution in [1.82, 2.24) is 4.90 Å². The van der Waals surface area contributed by atoms with Gasteiger partial charge >= 0.3 is 11.9 Å². The first-order valence-electron chi connectivity index (χ1n) is 6.24. The van der Waals surface area contributed by atoms with Gasteiger partial charge in [0.2, 0.25) is 5.91 Å². The minimum atomic E-state index is -0.926. The Labute approximate surface area is 105 Å². The molecule has 1 saturated carbocycles. The fourth-order valence-electron chi connectivity index (χ4n) is 2.88. The Kier molecular flexibility index (Phi) is 3.54. The summed E-state index contributed by atoms with van der Waals surface area (Å²) in [4.78, 5) is 35.1. The van der Waals surface area contributed by atoms with Gasteiger partial charge in [-0.3, -0.25) is 14.4 Å². The molecule has 2 aliphatic rings. The van der Waals surface area contributed by atoms with Gasteiger partial charge in [-0.15, -0.1) is 0 Å². The lowest BCUT2D eigenvalue weighted by Crippen LogP contribution is -2.40. The second-order valence-electron chi connectivity index (χ2n) is 5.13. The number of carbonyl (C=O) groups is 3. The maximum Gasteiger partial charge on any atom is 0.308 e. The molecule has 1 atom stereocenters. The van der Waals surface area contributed by atoms with Crippen molar-refractivity contribution in [2.75, 3.05) is 6.54 Å². The average molecular weight is 255 g/mol. The topological polar surface area (TPSA) is 94.9 Å². The summed E-state index contributed by atoms with van der Waals surface area (Å²) in [6.45, 7) is 0.274. The smallest absolute Gasteiger partial charge is 0.308 e. The lowest BCUT2D eigenvalue weighted by Gasteiger charge is -2.33. The first-order valence-corrected chi connectivity index (χ1v) is 6.24. The van der Waals surface area contributed by atoms with E-state index in [2.05, 4.69) is 0 Å². The number of carboxylic acid groups (broad SMARTS) is 2. The normalized spacial score (nSPS) is 32.6. The number of rotatable bonds is 3. The molecule has 0 bridgehead atoms. The van der Waals surface area contributed by atoms with Crippen LogP contribution in [0.5, 0.6) is 0 Å². The summed E-state index contributed by atoms with van der Waals surface area (Å²) in [6.07, 6.45) is 2.54. The van der Waals surface area contributed by atoms with Crippen molar-refractivity contribution in [3.63, 3.8) is 0 Å². The van der Waals surface area contributed by atoms with E-state index >= 15 is 0 Å². The number of hydrogen-bond donors (Lipinski definition) is 2. The van der Waals surface area contributed by atoms with Crippen LogP contribution in [0.4, 0.5) is 0 Å². The molecule has 1 amide bonds. The zero-order chi connectivity index (χ0) is 13.3. The molecule has 0 aromatic carbocycles. The van der Waals surface area contributed by atoms with Crippen LogP contribution in [0, 0.1) is 11.8 Å². The number of carbonyl (C=O) groups excluding carboxylic acids is 1. The summed E-state index contributed by atoms with van der Waals surface area (Å²) in [6, 6.07) is 0.0254. The van der Waals surface area contributed by atoms with Crippen LogP contribution in [-0.2, 0) is 14.4 Å². The molecule has 6 heteroatoms. The van der Waals surface area contributed by atoms with Crippen LogP contribution in [0.25, 0.3) is 0 Å². The van der Waals surface area contributed by atoms with Gasteiger partial charge in [0.05, 0.1) is 11.8 Å². The van der Waals surface area contributed by atoms with E-state index in [9.17, 15) is 14.4 Å². The third-order valence-electron chi connectivity index (χ3n) is 3.99. The molecular weight excluding hydrogens is 238 g/mol. The van der Waals surface area contributed by atoms with Crippen molar-refractivity contribution in [1.29, 1.82) is 0 Å². The SMILES string of the molecule is O=C(O)C1CCC(N2CC(C(=O)O)CC2=O)CC1. The highest BCUT2D eigenvalue weighted by atomic mass is 16.4. The average Bonchev–Trinajstić information content (AvgIpc) is 2.71. The van der Waals surface area contributed by atoms with Crippen molar-refractivity contribution < 1.29 is 24.6 Å². The summed E-state index contributed by atoms with van der Waals surface area (Å²) in [5.74, 6) is -2.72. The van der Waals surface area contributed by atoms with Crippen molar-refractivity contribution in [3.8, 4) is 0 Å². The minimum Gasteiger partial charge on any atom is -0.481 e. The van der Waals surface area contributed by atoms with Crippen molar-refractivity contribution in [3.05, 3.63) is 0 Å². The van der Waals surface area contributed by atoms with E-state index in [4.69, 9.17) is 10.2 Å². The Hall–Kier alpha value is -1.59. The van der Waals surface area contributed by atoms with E-state index in [-0.39, 0.29) is 30.8 Å². The fourth-order valence-corrected chi connectivity index (χ4v) is 2.88. The zero-order valence-corrected chi connectivity index (χ0v) is 10.0. The quantitative estimate of drug-likeness (QED) is 0.768. The highest BCUT2D eigenvalue weighted by molar-refractivity contribution is 5.86. The highest BCUT2D eigenvalue weighted by Gasteiger charge is 2.39. The van der Waals surface area contributed by atoms with Gasteiger partial charge in [-0.1, -0.05) is 0 Å². The Morgan fingerprint density at radius 2 is 1.56 bits per heavy atom. The molecule has 18 heavy (non-hydrogen) atoms. The molecule has 1 unspecified atom stereocenters. The minimum absolute atomic E-state index is 0.0254. The Morgan fingerprint density at radius 3 is 2.00 bits per heavy atom. The van der Waals surface area contributed by atoms with Gasteiger partial charge in [0, 0.05) is 19.0 Å². The van der Waals surface area contributed by atoms with E-state index in [1.54, 1.807) is 4.90 Å². The Morgan fingerprint density at radius 1 is 1.00 bits per heavy atom. The van der Waals surface area contributed by atoms with E-state index in [0.29, 0.717) is 25.7 Å². The largest absolute Gasteiger partial charge is 0.481 e. The summed E-state index contributed by atoms with van der Waals surface area (Å²) < 4.78 is 0. The molecule has 1 aliphatic carbocycles. The van der Waals surface area contributed by atoms with Gasteiger partial charge in [-0.25, -0.2) is 0 Å². The predicted molar refractivity (Wildman–Crippen MR) is 60.8 cm³/mol. The van der Waals surface area contributed by atoms with E-state index in [0.717, 1.165) is 0 Å².